The molecule has 3 rings (SSSR count). The van der Waals surface area contributed by atoms with Crippen molar-refractivity contribution in [3.8, 4) is 6.07 Å². The van der Waals surface area contributed by atoms with Crippen molar-refractivity contribution in [2.45, 2.75) is 88.3 Å². The Balaban J connectivity index is 1.55. The summed E-state index contributed by atoms with van der Waals surface area (Å²) in [5.41, 5.74) is 0.337. The fourth-order valence-corrected chi connectivity index (χ4v) is 4.07. The maximum Gasteiger partial charge on any atom is 0.411 e. The molecule has 0 aliphatic heterocycles. The third kappa shape index (κ3) is 6.99. The summed E-state index contributed by atoms with van der Waals surface area (Å²) in [6, 6.07) is 2.17. The molecule has 0 radical (unpaired) electrons. The molecule has 2 aliphatic rings. The quantitative estimate of drug-likeness (QED) is 0.594. The average Bonchev–Trinajstić information content (AvgIpc) is 2.91. The van der Waals surface area contributed by atoms with Crippen molar-refractivity contribution in [1.29, 1.82) is 5.26 Å². The van der Waals surface area contributed by atoms with Crippen molar-refractivity contribution in [3.63, 3.8) is 0 Å². The fraction of sp³-hybridized carbons (Fsp3) is 0.750. The third-order valence-electron chi connectivity index (χ3n) is 5.64. The molecule has 0 aromatic carbocycles. The number of hydrogen-bond donors (Lipinski definition) is 3. The number of anilines is 2. The summed E-state index contributed by atoms with van der Waals surface area (Å²) in [6.07, 6.45) is 3.09. The van der Waals surface area contributed by atoms with Crippen LogP contribution in [0.2, 0.25) is 0 Å². The molecule has 2 aliphatic carbocycles. The molecule has 1 heterocycles. The Kier molecular flexibility index (Phi) is 7.72. The molecule has 0 bridgehead atoms. The predicted octanol–water partition coefficient (Wildman–Crippen LogP) is 3.76. The van der Waals surface area contributed by atoms with E-state index in [0.29, 0.717) is 49.4 Å². The van der Waals surface area contributed by atoms with E-state index < -0.39 is 12.8 Å². The summed E-state index contributed by atoms with van der Waals surface area (Å²) < 4.78 is 41.8. The number of aliphatic hydroxyl groups is 1. The maximum absolute atomic E-state index is 12.3. The van der Waals surface area contributed by atoms with Gasteiger partial charge in [0, 0.05) is 12.1 Å². The van der Waals surface area contributed by atoms with E-state index in [1.165, 1.54) is 6.20 Å². The molecule has 10 heteroatoms. The first-order valence-electron chi connectivity index (χ1n) is 10.5. The molecular weight excluding hydrogens is 399 g/mol. The number of ether oxygens (including phenoxy) is 1. The van der Waals surface area contributed by atoms with Crippen LogP contribution in [0, 0.1) is 11.3 Å². The van der Waals surface area contributed by atoms with Crippen molar-refractivity contribution in [3.05, 3.63) is 11.8 Å². The number of rotatable bonds is 6. The van der Waals surface area contributed by atoms with Crippen LogP contribution in [0.1, 0.15) is 63.4 Å². The fourth-order valence-electron chi connectivity index (χ4n) is 4.07. The Morgan fingerprint density at radius 3 is 2.53 bits per heavy atom. The number of nitriles is 1. The molecule has 30 heavy (non-hydrogen) atoms. The van der Waals surface area contributed by atoms with E-state index in [9.17, 15) is 23.5 Å². The second kappa shape index (κ2) is 10.3. The first-order chi connectivity index (χ1) is 14.3. The van der Waals surface area contributed by atoms with Crippen LogP contribution in [0.25, 0.3) is 0 Å². The van der Waals surface area contributed by atoms with Gasteiger partial charge in [0.2, 0.25) is 5.95 Å². The molecular formula is C20H28F3N5O2. The first-order valence-corrected chi connectivity index (χ1v) is 10.5. The topological polar surface area (TPSA) is 103 Å². The predicted molar refractivity (Wildman–Crippen MR) is 105 cm³/mol. The molecule has 2 saturated carbocycles. The van der Waals surface area contributed by atoms with Gasteiger partial charge in [-0.15, -0.1) is 0 Å². The van der Waals surface area contributed by atoms with Crippen molar-refractivity contribution in [2.75, 3.05) is 17.2 Å². The van der Waals surface area contributed by atoms with Gasteiger partial charge >= 0.3 is 6.18 Å². The van der Waals surface area contributed by atoms with Crippen LogP contribution in [-0.2, 0) is 4.74 Å². The highest BCUT2D eigenvalue weighted by Gasteiger charge is 2.31. The molecule has 0 saturated heterocycles. The molecule has 1 aromatic rings. The minimum absolute atomic E-state index is 0.0382. The second-order valence-electron chi connectivity index (χ2n) is 8.13. The highest BCUT2D eigenvalue weighted by Crippen LogP contribution is 2.27. The Morgan fingerprint density at radius 2 is 1.83 bits per heavy atom. The maximum atomic E-state index is 12.3. The van der Waals surface area contributed by atoms with E-state index in [-0.39, 0.29) is 24.3 Å². The van der Waals surface area contributed by atoms with Gasteiger partial charge in [-0.3, -0.25) is 0 Å². The summed E-state index contributed by atoms with van der Waals surface area (Å²) >= 11 is 0. The third-order valence-corrected chi connectivity index (χ3v) is 5.64. The average molecular weight is 427 g/mol. The zero-order valence-corrected chi connectivity index (χ0v) is 16.8. The van der Waals surface area contributed by atoms with Crippen LogP contribution >= 0.6 is 0 Å². The molecule has 0 spiro atoms. The summed E-state index contributed by atoms with van der Waals surface area (Å²) in [5, 5.41) is 25.9. The van der Waals surface area contributed by atoms with Crippen molar-refractivity contribution < 1.29 is 23.0 Å². The van der Waals surface area contributed by atoms with E-state index in [1.54, 1.807) is 0 Å². The van der Waals surface area contributed by atoms with Gasteiger partial charge in [-0.05, 0) is 44.9 Å². The molecule has 0 unspecified atom stereocenters. The van der Waals surface area contributed by atoms with Crippen LogP contribution in [-0.4, -0.2) is 52.1 Å². The first kappa shape index (κ1) is 22.6. The van der Waals surface area contributed by atoms with E-state index >= 15 is 0 Å². The van der Waals surface area contributed by atoms with E-state index in [4.69, 9.17) is 4.74 Å². The van der Waals surface area contributed by atoms with E-state index in [2.05, 4.69) is 26.7 Å². The van der Waals surface area contributed by atoms with Crippen LogP contribution < -0.4 is 10.6 Å². The molecule has 7 nitrogen and oxygen atoms in total. The number of hydrogen-bond acceptors (Lipinski definition) is 7. The Labute approximate surface area is 174 Å². The lowest BCUT2D eigenvalue weighted by Crippen LogP contribution is -2.32. The Hall–Kier alpha value is -2.12. The van der Waals surface area contributed by atoms with E-state index in [1.807, 2.05) is 0 Å². The number of aliphatic hydroxyl groups excluding tert-OH is 1. The minimum atomic E-state index is -4.30. The highest BCUT2D eigenvalue weighted by molar-refractivity contribution is 5.54. The Bertz CT molecular complexity index is 732. The van der Waals surface area contributed by atoms with Crippen LogP contribution in [0.15, 0.2) is 6.20 Å². The number of nitrogens with zero attached hydrogens (tertiary/aromatic N) is 3. The SMILES string of the molecule is N#Cc1cnc(NC2CCC(OCC(F)(F)F)CC2)nc1N[C@@H]1CCCC[C@H](O)C1. The summed E-state index contributed by atoms with van der Waals surface area (Å²) in [7, 11) is 0. The van der Waals surface area contributed by atoms with Gasteiger partial charge < -0.3 is 20.5 Å². The van der Waals surface area contributed by atoms with Crippen molar-refractivity contribution in [2.24, 2.45) is 0 Å². The van der Waals surface area contributed by atoms with Crippen LogP contribution in [0.3, 0.4) is 0 Å². The molecule has 2 fully saturated rings. The standard InChI is InChI=1S/C20H28F3N5O2/c21-20(22,23)12-30-17-7-5-14(6-8-17)27-19-25-11-13(10-24)18(28-19)26-15-3-1-2-4-16(29)9-15/h11,14-17,29H,1-9,12H2,(H2,25,26,27,28)/t14?,15-,16+,17?/m1/s1. The lowest BCUT2D eigenvalue weighted by Gasteiger charge is -2.29. The Morgan fingerprint density at radius 1 is 1.10 bits per heavy atom. The van der Waals surface area contributed by atoms with Gasteiger partial charge in [-0.2, -0.15) is 23.4 Å². The molecule has 1 aromatic heterocycles. The largest absolute Gasteiger partial charge is 0.411 e. The summed E-state index contributed by atoms with van der Waals surface area (Å²) in [4.78, 5) is 8.66. The number of alkyl halides is 3. The minimum Gasteiger partial charge on any atom is -0.393 e. The number of halogens is 3. The zero-order chi connectivity index (χ0) is 21.6. The van der Waals surface area contributed by atoms with Gasteiger partial charge in [0.15, 0.2) is 0 Å². The number of nitrogens with one attached hydrogen (secondary N) is 2. The lowest BCUT2D eigenvalue weighted by atomic mass is 9.93. The number of aromatic nitrogens is 2. The van der Waals surface area contributed by atoms with Crippen LogP contribution in [0.5, 0.6) is 0 Å². The van der Waals surface area contributed by atoms with Gasteiger partial charge in [0.05, 0.1) is 18.4 Å². The molecule has 166 valence electrons. The summed E-state index contributed by atoms with van der Waals surface area (Å²) in [5.74, 6) is 0.821. The molecule has 3 N–H and O–H groups in total. The highest BCUT2D eigenvalue weighted by atomic mass is 19.4. The zero-order valence-electron chi connectivity index (χ0n) is 16.8. The van der Waals surface area contributed by atoms with Gasteiger partial charge in [-0.1, -0.05) is 12.8 Å². The van der Waals surface area contributed by atoms with Gasteiger partial charge in [0.1, 0.15) is 24.1 Å². The lowest BCUT2D eigenvalue weighted by molar-refractivity contribution is -0.187. The van der Waals surface area contributed by atoms with Crippen molar-refractivity contribution in [1.82, 2.24) is 9.97 Å². The van der Waals surface area contributed by atoms with Crippen LogP contribution in [0.4, 0.5) is 24.9 Å². The summed E-state index contributed by atoms with van der Waals surface area (Å²) in [6.45, 7) is -1.21. The molecule has 2 atom stereocenters. The van der Waals surface area contributed by atoms with Crippen molar-refractivity contribution >= 4 is 11.8 Å². The van der Waals surface area contributed by atoms with Gasteiger partial charge in [-0.25, -0.2) is 4.98 Å². The van der Waals surface area contributed by atoms with Gasteiger partial charge in [0.25, 0.3) is 0 Å². The normalized spacial score (nSPS) is 27.7. The van der Waals surface area contributed by atoms with E-state index in [0.717, 1.165) is 25.7 Å². The second-order valence-corrected chi connectivity index (χ2v) is 8.13. The smallest absolute Gasteiger partial charge is 0.393 e. The monoisotopic (exact) mass is 427 g/mol. The molecule has 0 amide bonds.